The SMILES string of the molecule is COc1ccc(C(=O)Nc2cccc(NC(=O)C(C)C)c2)cc1S(=O)(=O)N(C)C. The monoisotopic (exact) mass is 419 g/mol. The first-order valence-electron chi connectivity index (χ1n) is 8.89. The zero-order valence-electron chi connectivity index (χ0n) is 17.0. The van der Waals surface area contributed by atoms with E-state index in [1.54, 1.807) is 38.1 Å². The molecule has 2 rings (SSSR count). The van der Waals surface area contributed by atoms with Crippen molar-refractivity contribution in [3.63, 3.8) is 0 Å². The van der Waals surface area contributed by atoms with Crippen LogP contribution in [0.3, 0.4) is 0 Å². The Morgan fingerprint density at radius 3 is 2.17 bits per heavy atom. The molecule has 0 heterocycles. The van der Waals surface area contributed by atoms with E-state index in [0.717, 1.165) is 4.31 Å². The Morgan fingerprint density at radius 1 is 1.00 bits per heavy atom. The zero-order chi connectivity index (χ0) is 21.8. The van der Waals surface area contributed by atoms with Crippen molar-refractivity contribution in [3.05, 3.63) is 48.0 Å². The molecule has 2 amide bonds. The summed E-state index contributed by atoms with van der Waals surface area (Å²) < 4.78 is 31.2. The Morgan fingerprint density at radius 2 is 1.62 bits per heavy atom. The van der Waals surface area contributed by atoms with Crippen LogP contribution in [0.15, 0.2) is 47.4 Å². The van der Waals surface area contributed by atoms with Crippen LogP contribution in [0.5, 0.6) is 5.75 Å². The molecule has 2 aromatic carbocycles. The molecule has 0 aromatic heterocycles. The third kappa shape index (κ3) is 5.33. The molecule has 0 fully saturated rings. The highest BCUT2D eigenvalue weighted by Crippen LogP contribution is 2.27. The highest BCUT2D eigenvalue weighted by atomic mass is 32.2. The van der Waals surface area contributed by atoms with Crippen LogP contribution in [0.2, 0.25) is 0 Å². The van der Waals surface area contributed by atoms with Crippen LogP contribution < -0.4 is 15.4 Å². The fourth-order valence-electron chi connectivity index (χ4n) is 2.38. The lowest BCUT2D eigenvalue weighted by molar-refractivity contribution is -0.118. The topological polar surface area (TPSA) is 105 Å². The Hall–Kier alpha value is -2.91. The first kappa shape index (κ1) is 22.4. The molecule has 0 aliphatic heterocycles. The summed E-state index contributed by atoms with van der Waals surface area (Å²) in [6.07, 6.45) is 0. The maximum absolute atomic E-state index is 12.7. The Kier molecular flexibility index (Phi) is 6.99. The smallest absolute Gasteiger partial charge is 0.255 e. The lowest BCUT2D eigenvalue weighted by Gasteiger charge is -2.15. The van der Waals surface area contributed by atoms with Crippen molar-refractivity contribution >= 4 is 33.2 Å². The number of hydrogen-bond donors (Lipinski definition) is 2. The van der Waals surface area contributed by atoms with Gasteiger partial charge in [0.1, 0.15) is 10.6 Å². The van der Waals surface area contributed by atoms with Gasteiger partial charge < -0.3 is 15.4 Å². The van der Waals surface area contributed by atoms with Crippen LogP contribution in [0.4, 0.5) is 11.4 Å². The van der Waals surface area contributed by atoms with E-state index < -0.39 is 15.9 Å². The van der Waals surface area contributed by atoms with Crippen LogP contribution in [-0.2, 0) is 14.8 Å². The number of amides is 2. The minimum absolute atomic E-state index is 0.101. The summed E-state index contributed by atoms with van der Waals surface area (Å²) in [5, 5.41) is 5.47. The zero-order valence-corrected chi connectivity index (χ0v) is 17.8. The quantitative estimate of drug-likeness (QED) is 0.718. The second kappa shape index (κ2) is 9.06. The molecular weight excluding hydrogens is 394 g/mol. The minimum atomic E-state index is -3.80. The number of rotatable bonds is 7. The standard InChI is InChI=1S/C20H25N3O5S/c1-13(2)19(24)21-15-7-6-8-16(12-15)22-20(25)14-9-10-17(28-5)18(11-14)29(26,27)23(3)4/h6-13H,1-5H3,(H,21,24)(H,22,25). The number of methoxy groups -OCH3 is 1. The first-order chi connectivity index (χ1) is 13.6. The van der Waals surface area contributed by atoms with Gasteiger partial charge in [0.25, 0.3) is 5.91 Å². The van der Waals surface area contributed by atoms with Crippen LogP contribution >= 0.6 is 0 Å². The number of ether oxygens (including phenoxy) is 1. The van der Waals surface area contributed by atoms with Gasteiger partial charge in [-0.3, -0.25) is 9.59 Å². The van der Waals surface area contributed by atoms with Crippen molar-refractivity contribution in [1.29, 1.82) is 0 Å². The van der Waals surface area contributed by atoms with Crippen molar-refractivity contribution in [2.75, 3.05) is 31.8 Å². The van der Waals surface area contributed by atoms with Crippen LogP contribution in [0, 0.1) is 5.92 Å². The lowest BCUT2D eigenvalue weighted by Crippen LogP contribution is -2.23. The van der Waals surface area contributed by atoms with E-state index in [2.05, 4.69) is 10.6 Å². The summed E-state index contributed by atoms with van der Waals surface area (Å²) >= 11 is 0. The third-order valence-electron chi connectivity index (χ3n) is 4.10. The summed E-state index contributed by atoms with van der Waals surface area (Å²) in [4.78, 5) is 24.4. The number of nitrogens with zero attached hydrogens (tertiary/aromatic N) is 1. The maximum atomic E-state index is 12.7. The molecule has 0 aliphatic rings. The number of anilines is 2. The van der Waals surface area contributed by atoms with Crippen molar-refractivity contribution in [2.45, 2.75) is 18.7 Å². The number of hydrogen-bond acceptors (Lipinski definition) is 5. The molecule has 0 spiro atoms. The molecular formula is C20H25N3O5S. The molecule has 29 heavy (non-hydrogen) atoms. The number of sulfonamides is 1. The van der Waals surface area contributed by atoms with Gasteiger partial charge >= 0.3 is 0 Å². The molecule has 2 aromatic rings. The second-order valence-electron chi connectivity index (χ2n) is 6.83. The Balaban J connectivity index is 2.29. The molecule has 0 saturated heterocycles. The van der Waals surface area contributed by atoms with Gasteiger partial charge in [-0.25, -0.2) is 12.7 Å². The molecule has 8 nitrogen and oxygen atoms in total. The average molecular weight is 420 g/mol. The molecule has 0 atom stereocenters. The lowest BCUT2D eigenvalue weighted by atomic mass is 10.2. The summed E-state index contributed by atoms with van der Waals surface area (Å²) in [7, 11) is 0.368. The van der Waals surface area contributed by atoms with E-state index in [-0.39, 0.29) is 28.0 Å². The molecule has 0 aliphatic carbocycles. The van der Waals surface area contributed by atoms with Crippen molar-refractivity contribution < 1.29 is 22.7 Å². The third-order valence-corrected chi connectivity index (χ3v) is 5.93. The van der Waals surface area contributed by atoms with Gasteiger partial charge in [0.15, 0.2) is 0 Å². The summed E-state index contributed by atoms with van der Waals surface area (Å²) in [6.45, 7) is 3.56. The molecule has 2 N–H and O–H groups in total. The summed E-state index contributed by atoms with van der Waals surface area (Å²) in [6, 6.07) is 10.9. The van der Waals surface area contributed by atoms with Crippen LogP contribution in [0.25, 0.3) is 0 Å². The van der Waals surface area contributed by atoms with E-state index in [0.29, 0.717) is 11.4 Å². The minimum Gasteiger partial charge on any atom is -0.495 e. The van der Waals surface area contributed by atoms with Crippen LogP contribution in [-0.4, -0.2) is 45.7 Å². The van der Waals surface area contributed by atoms with Gasteiger partial charge in [-0.05, 0) is 36.4 Å². The molecule has 156 valence electrons. The Bertz CT molecular complexity index is 1020. The summed E-state index contributed by atoms with van der Waals surface area (Å²) in [5.41, 5.74) is 1.17. The van der Waals surface area contributed by atoms with E-state index in [9.17, 15) is 18.0 Å². The predicted octanol–water partition coefficient (Wildman–Crippen LogP) is 2.79. The van der Waals surface area contributed by atoms with Crippen molar-refractivity contribution in [3.8, 4) is 5.75 Å². The maximum Gasteiger partial charge on any atom is 0.255 e. The molecule has 0 radical (unpaired) electrons. The number of benzene rings is 2. The van der Waals surface area contributed by atoms with Gasteiger partial charge in [0.05, 0.1) is 7.11 Å². The van der Waals surface area contributed by atoms with Gasteiger partial charge in [0, 0.05) is 37.0 Å². The highest BCUT2D eigenvalue weighted by molar-refractivity contribution is 7.89. The van der Waals surface area contributed by atoms with E-state index in [4.69, 9.17) is 4.74 Å². The highest BCUT2D eigenvalue weighted by Gasteiger charge is 2.24. The fourth-order valence-corrected chi connectivity index (χ4v) is 3.46. The number of carbonyl (C=O) groups is 2. The second-order valence-corrected chi connectivity index (χ2v) is 8.95. The van der Waals surface area contributed by atoms with Gasteiger partial charge in [-0.15, -0.1) is 0 Å². The number of carbonyl (C=O) groups excluding carboxylic acids is 2. The average Bonchev–Trinajstić information content (AvgIpc) is 2.67. The molecule has 0 saturated carbocycles. The summed E-state index contributed by atoms with van der Waals surface area (Å²) in [5.74, 6) is -0.657. The first-order valence-corrected chi connectivity index (χ1v) is 10.3. The Labute approximate surface area is 170 Å². The van der Waals surface area contributed by atoms with Gasteiger partial charge in [0.2, 0.25) is 15.9 Å². The van der Waals surface area contributed by atoms with E-state index in [1.165, 1.54) is 39.4 Å². The van der Waals surface area contributed by atoms with Crippen molar-refractivity contribution in [1.82, 2.24) is 4.31 Å². The van der Waals surface area contributed by atoms with Gasteiger partial charge in [-0.1, -0.05) is 19.9 Å². The number of nitrogens with one attached hydrogen (secondary N) is 2. The van der Waals surface area contributed by atoms with Crippen LogP contribution in [0.1, 0.15) is 24.2 Å². The van der Waals surface area contributed by atoms with E-state index in [1.807, 2.05) is 0 Å². The largest absolute Gasteiger partial charge is 0.495 e. The molecule has 0 unspecified atom stereocenters. The normalized spacial score (nSPS) is 11.4. The van der Waals surface area contributed by atoms with Crippen molar-refractivity contribution in [2.24, 2.45) is 5.92 Å². The molecule has 9 heteroatoms. The fraction of sp³-hybridized carbons (Fsp3) is 0.300. The molecule has 0 bridgehead atoms. The predicted molar refractivity (Wildman–Crippen MR) is 112 cm³/mol. The van der Waals surface area contributed by atoms with Gasteiger partial charge in [-0.2, -0.15) is 0 Å². The van der Waals surface area contributed by atoms with E-state index >= 15 is 0 Å².